The number of hydrogen-bond donors (Lipinski definition) is 0. The monoisotopic (exact) mass is 311 g/mol. The Hall–Kier alpha value is -2.80. The number of aromatic nitrogens is 1. The van der Waals surface area contributed by atoms with Gasteiger partial charge in [-0.15, -0.1) is 0 Å². The molecule has 1 heterocycles. The zero-order valence-electron chi connectivity index (χ0n) is 14.2. The number of nitrogens with zero attached hydrogens (tertiary/aromatic N) is 1. The van der Waals surface area contributed by atoms with Crippen molar-refractivity contribution >= 4 is 33.8 Å². The van der Waals surface area contributed by atoms with Crippen molar-refractivity contribution in [2.24, 2.45) is 0 Å². The van der Waals surface area contributed by atoms with Crippen molar-refractivity contribution in [2.75, 3.05) is 0 Å². The van der Waals surface area contributed by atoms with Crippen LogP contribution in [-0.4, -0.2) is 4.57 Å². The van der Waals surface area contributed by atoms with Crippen molar-refractivity contribution in [1.82, 2.24) is 4.57 Å². The van der Waals surface area contributed by atoms with E-state index in [4.69, 9.17) is 0 Å². The van der Waals surface area contributed by atoms with E-state index >= 15 is 0 Å². The van der Waals surface area contributed by atoms with E-state index in [9.17, 15) is 0 Å². The number of benzene rings is 3. The molecule has 0 N–H and O–H groups in total. The lowest BCUT2D eigenvalue weighted by Crippen LogP contribution is -2.25. The van der Waals surface area contributed by atoms with Gasteiger partial charge in [0.1, 0.15) is 0 Å². The van der Waals surface area contributed by atoms with Crippen LogP contribution in [0.15, 0.2) is 66.7 Å². The van der Waals surface area contributed by atoms with Gasteiger partial charge in [0.15, 0.2) is 0 Å². The highest BCUT2D eigenvalue weighted by atomic mass is 15.0. The second-order valence-corrected chi connectivity index (χ2v) is 5.79. The molecule has 0 aliphatic heterocycles. The van der Waals surface area contributed by atoms with E-state index in [0.717, 1.165) is 6.42 Å². The average molecular weight is 311 g/mol. The smallest absolute Gasteiger partial charge is 0.0547 e. The van der Waals surface area contributed by atoms with Gasteiger partial charge in [-0.05, 0) is 35.4 Å². The molecule has 1 heteroatoms. The third kappa shape index (κ3) is 2.09. The van der Waals surface area contributed by atoms with Gasteiger partial charge in [0.25, 0.3) is 0 Å². The maximum Gasteiger partial charge on any atom is 0.0547 e. The normalized spacial score (nSPS) is 12.2. The van der Waals surface area contributed by atoms with Crippen molar-refractivity contribution in [3.8, 4) is 5.69 Å². The van der Waals surface area contributed by atoms with Gasteiger partial charge in [0.2, 0.25) is 0 Å². The second-order valence-electron chi connectivity index (χ2n) is 5.79. The molecule has 0 fully saturated rings. The van der Waals surface area contributed by atoms with Crippen LogP contribution in [0, 0.1) is 0 Å². The van der Waals surface area contributed by atoms with Crippen LogP contribution in [0.1, 0.15) is 20.3 Å². The lowest BCUT2D eigenvalue weighted by atomic mass is 10.1. The van der Waals surface area contributed by atoms with E-state index in [2.05, 4.69) is 83.4 Å². The summed E-state index contributed by atoms with van der Waals surface area (Å²) in [6.07, 6.45) is 5.71. The third-order valence-corrected chi connectivity index (χ3v) is 4.58. The molecule has 0 unspecified atom stereocenters. The Labute approximate surface area is 142 Å². The van der Waals surface area contributed by atoms with Gasteiger partial charge in [0, 0.05) is 16.3 Å². The topological polar surface area (TPSA) is 4.93 Å². The first-order valence-corrected chi connectivity index (χ1v) is 8.71. The Morgan fingerprint density at radius 1 is 0.750 bits per heavy atom. The first kappa shape index (κ1) is 14.8. The van der Waals surface area contributed by atoms with Crippen LogP contribution in [0.25, 0.3) is 39.5 Å². The van der Waals surface area contributed by atoms with E-state index in [0.29, 0.717) is 0 Å². The summed E-state index contributed by atoms with van der Waals surface area (Å²) in [4.78, 5) is 0. The summed E-state index contributed by atoms with van der Waals surface area (Å²) in [6, 6.07) is 23.8. The second kappa shape index (κ2) is 6.01. The van der Waals surface area contributed by atoms with Crippen LogP contribution in [-0.2, 0) is 0 Å². The number of rotatable bonds is 1. The van der Waals surface area contributed by atoms with Crippen molar-refractivity contribution in [3.05, 3.63) is 77.3 Å². The average Bonchev–Trinajstić information content (AvgIpc) is 3.24. The fourth-order valence-electron chi connectivity index (χ4n) is 3.66. The predicted molar refractivity (Wildman–Crippen MR) is 105 cm³/mol. The molecular formula is C23H21N. The van der Waals surface area contributed by atoms with Crippen molar-refractivity contribution < 1.29 is 0 Å². The molecule has 0 spiro atoms. The molecule has 0 atom stereocenters. The van der Waals surface area contributed by atoms with Gasteiger partial charge >= 0.3 is 0 Å². The lowest BCUT2D eigenvalue weighted by molar-refractivity contribution is 1.07. The van der Waals surface area contributed by atoms with Crippen LogP contribution in [0.2, 0.25) is 0 Å². The summed E-state index contributed by atoms with van der Waals surface area (Å²) < 4.78 is 2.39. The number of hydrogen-bond acceptors (Lipinski definition) is 0. The van der Waals surface area contributed by atoms with E-state index in [1.807, 2.05) is 13.8 Å². The third-order valence-electron chi connectivity index (χ3n) is 4.58. The van der Waals surface area contributed by atoms with Crippen LogP contribution in [0.4, 0.5) is 0 Å². The molecule has 24 heavy (non-hydrogen) atoms. The molecular weight excluding hydrogens is 290 g/mol. The fraction of sp³-hybridized carbons (Fsp3) is 0.130. The van der Waals surface area contributed by atoms with Crippen molar-refractivity contribution in [2.45, 2.75) is 20.3 Å². The van der Waals surface area contributed by atoms with Gasteiger partial charge in [-0.1, -0.05) is 74.5 Å². The molecule has 1 aromatic heterocycles. The molecule has 3 aromatic carbocycles. The summed E-state index contributed by atoms with van der Waals surface area (Å²) in [5.74, 6) is 0. The molecule has 0 saturated carbocycles. The fourth-order valence-corrected chi connectivity index (χ4v) is 3.66. The lowest BCUT2D eigenvalue weighted by Gasteiger charge is -2.07. The highest BCUT2D eigenvalue weighted by Crippen LogP contribution is 2.24. The molecule has 5 rings (SSSR count). The van der Waals surface area contributed by atoms with Gasteiger partial charge < -0.3 is 4.57 Å². The van der Waals surface area contributed by atoms with Crippen LogP contribution < -0.4 is 10.6 Å². The van der Waals surface area contributed by atoms with Gasteiger partial charge in [-0.2, -0.15) is 0 Å². The Bertz CT molecular complexity index is 1130. The molecule has 1 aliphatic rings. The van der Waals surface area contributed by atoms with E-state index in [1.165, 1.54) is 37.9 Å². The molecule has 118 valence electrons. The van der Waals surface area contributed by atoms with Crippen molar-refractivity contribution in [1.29, 1.82) is 0 Å². The Morgan fingerprint density at radius 3 is 2.33 bits per heavy atom. The van der Waals surface area contributed by atoms with Crippen LogP contribution in [0.5, 0.6) is 0 Å². The summed E-state index contributed by atoms with van der Waals surface area (Å²) in [5, 5.41) is 6.75. The Balaban J connectivity index is 0.000000704. The highest BCUT2D eigenvalue weighted by Gasteiger charge is 2.13. The maximum absolute atomic E-state index is 2.39. The van der Waals surface area contributed by atoms with Crippen LogP contribution >= 0.6 is 0 Å². The van der Waals surface area contributed by atoms with E-state index < -0.39 is 0 Å². The Morgan fingerprint density at radius 2 is 1.50 bits per heavy atom. The molecule has 0 bridgehead atoms. The number of para-hydroxylation sites is 1. The zero-order valence-corrected chi connectivity index (χ0v) is 14.2. The first-order valence-electron chi connectivity index (χ1n) is 8.71. The Kier molecular flexibility index (Phi) is 3.70. The predicted octanol–water partition coefficient (Wildman–Crippen LogP) is 4.77. The maximum atomic E-state index is 2.39. The van der Waals surface area contributed by atoms with Gasteiger partial charge in [0.05, 0.1) is 10.9 Å². The molecule has 0 saturated heterocycles. The summed E-state index contributed by atoms with van der Waals surface area (Å²) in [7, 11) is 0. The highest BCUT2D eigenvalue weighted by molar-refractivity contribution is 6.08. The summed E-state index contributed by atoms with van der Waals surface area (Å²) >= 11 is 0. The zero-order chi connectivity index (χ0) is 16.5. The van der Waals surface area contributed by atoms with E-state index in [1.54, 1.807) is 0 Å². The van der Waals surface area contributed by atoms with Gasteiger partial charge in [-0.3, -0.25) is 0 Å². The minimum atomic E-state index is 1.02. The first-order chi connectivity index (χ1) is 11.9. The minimum absolute atomic E-state index is 1.02. The molecule has 1 aliphatic carbocycles. The molecule has 0 amide bonds. The van der Waals surface area contributed by atoms with Crippen molar-refractivity contribution in [3.63, 3.8) is 0 Å². The quantitative estimate of drug-likeness (QED) is 0.477. The summed E-state index contributed by atoms with van der Waals surface area (Å²) in [5.41, 5.74) is 2.53. The molecule has 1 nitrogen and oxygen atoms in total. The summed E-state index contributed by atoms with van der Waals surface area (Å²) in [6.45, 7) is 4.00. The number of fused-ring (bicyclic) bond motifs is 5. The minimum Gasteiger partial charge on any atom is -0.310 e. The largest absolute Gasteiger partial charge is 0.310 e. The standard InChI is InChI=1S/C21H15N.C2H6/c1-2-8-16(9-3-1)22-19-12-6-11-18(19)21-17-10-5-4-7-15(17)13-14-20(21)22;1-2/h1-5,7-14H,6H2;1-2H3. The van der Waals surface area contributed by atoms with Crippen LogP contribution in [0.3, 0.4) is 0 Å². The SMILES string of the molecule is C1=c2c(n(-c3ccccc3)c3ccc4ccccc4c23)=CC1.CC. The van der Waals surface area contributed by atoms with E-state index in [-0.39, 0.29) is 0 Å². The molecule has 4 aromatic rings. The van der Waals surface area contributed by atoms with Gasteiger partial charge in [-0.25, -0.2) is 0 Å². The molecule has 0 radical (unpaired) electrons.